The number of nitrogens with one attached hydrogen (secondary N) is 1. The summed E-state index contributed by atoms with van der Waals surface area (Å²) < 4.78 is 32.2. The fourth-order valence-corrected chi connectivity index (χ4v) is 5.91. The van der Waals surface area contributed by atoms with Gasteiger partial charge in [-0.05, 0) is 38.5 Å². The topological polar surface area (TPSA) is 104 Å². The second-order valence-corrected chi connectivity index (χ2v) is 13.3. The molecule has 3 N–H and O–H groups in total. The zero-order valence-electron chi connectivity index (χ0n) is 26.2. The second-order valence-electron chi connectivity index (χ2n) is 11.8. The van der Waals surface area contributed by atoms with Gasteiger partial charge in [-0.25, -0.2) is 0 Å². The number of aliphatic hydroxyl groups excluding tert-OH is 1. The third kappa shape index (κ3) is 28.6. The molecule has 0 aliphatic heterocycles. The molecule has 0 fully saturated rings. The van der Waals surface area contributed by atoms with Crippen LogP contribution in [-0.4, -0.2) is 41.9 Å². The minimum Gasteiger partial charge on any atom is -0.391 e. The van der Waals surface area contributed by atoms with Crippen LogP contribution in [0.3, 0.4) is 0 Å². The number of unbranched alkanes of at least 4 members (excludes halogenated alkanes) is 20. The summed E-state index contributed by atoms with van der Waals surface area (Å²) in [6, 6.07) is -0.966. The fraction of sp³-hybridized carbons (Fsp3) is 0.909. The molecule has 6 nitrogen and oxygen atoms in total. The van der Waals surface area contributed by atoms with Gasteiger partial charge in [0.25, 0.3) is 10.1 Å². The summed E-state index contributed by atoms with van der Waals surface area (Å²) in [5.74, 6) is -0.901. The van der Waals surface area contributed by atoms with E-state index >= 15 is 0 Å². The largest absolute Gasteiger partial charge is 0.391 e. The maximum absolute atomic E-state index is 12.4. The first-order valence-electron chi connectivity index (χ1n) is 16.9. The molecular formula is C33H65NO5S. The van der Waals surface area contributed by atoms with E-state index in [1.165, 1.54) is 109 Å². The molecule has 40 heavy (non-hydrogen) atoms. The van der Waals surface area contributed by atoms with E-state index in [-0.39, 0.29) is 5.91 Å². The molecular weight excluding hydrogens is 522 g/mol. The molecule has 0 aliphatic rings. The van der Waals surface area contributed by atoms with Gasteiger partial charge in [0.1, 0.15) is 0 Å². The molecule has 0 aromatic rings. The molecule has 0 bridgehead atoms. The van der Waals surface area contributed by atoms with Crippen LogP contribution in [0, 0.1) is 0 Å². The van der Waals surface area contributed by atoms with Crippen molar-refractivity contribution in [3.8, 4) is 0 Å². The molecule has 2 atom stereocenters. The molecule has 2 unspecified atom stereocenters. The number of carbonyl (C=O) groups excluding carboxylic acids is 1. The lowest BCUT2D eigenvalue weighted by atomic mass is 10.0. The van der Waals surface area contributed by atoms with Gasteiger partial charge in [-0.2, -0.15) is 8.42 Å². The van der Waals surface area contributed by atoms with Crippen LogP contribution in [0.2, 0.25) is 0 Å². The van der Waals surface area contributed by atoms with Gasteiger partial charge in [0.05, 0.1) is 17.9 Å². The highest BCUT2D eigenvalue weighted by atomic mass is 32.2. The van der Waals surface area contributed by atoms with E-state index in [9.17, 15) is 22.9 Å². The molecule has 0 saturated carbocycles. The van der Waals surface area contributed by atoms with Gasteiger partial charge in [0, 0.05) is 6.42 Å². The first-order chi connectivity index (χ1) is 19.3. The van der Waals surface area contributed by atoms with Crippen molar-refractivity contribution in [2.45, 2.75) is 187 Å². The Hall–Kier alpha value is -0.920. The van der Waals surface area contributed by atoms with Gasteiger partial charge in [-0.3, -0.25) is 9.35 Å². The monoisotopic (exact) mass is 587 g/mol. The van der Waals surface area contributed by atoms with E-state index in [1.54, 1.807) is 0 Å². The fourth-order valence-electron chi connectivity index (χ4n) is 5.15. The molecule has 0 aromatic carbocycles. The lowest BCUT2D eigenvalue weighted by Crippen LogP contribution is -2.47. The van der Waals surface area contributed by atoms with Crippen molar-refractivity contribution in [1.82, 2.24) is 5.32 Å². The van der Waals surface area contributed by atoms with Crippen LogP contribution >= 0.6 is 0 Å². The lowest BCUT2D eigenvalue weighted by Gasteiger charge is -2.23. The third-order valence-electron chi connectivity index (χ3n) is 7.72. The van der Waals surface area contributed by atoms with Crippen molar-refractivity contribution in [2.24, 2.45) is 0 Å². The van der Waals surface area contributed by atoms with Crippen LogP contribution in [0.4, 0.5) is 0 Å². The van der Waals surface area contributed by atoms with Gasteiger partial charge in [-0.1, -0.05) is 142 Å². The van der Waals surface area contributed by atoms with E-state index in [4.69, 9.17) is 0 Å². The van der Waals surface area contributed by atoms with Gasteiger partial charge in [-0.15, -0.1) is 0 Å². The molecule has 7 heteroatoms. The number of allylic oxidation sites excluding steroid dienone is 2. The molecule has 1 amide bonds. The highest BCUT2D eigenvalue weighted by Gasteiger charge is 2.26. The van der Waals surface area contributed by atoms with E-state index in [1.807, 2.05) is 0 Å². The van der Waals surface area contributed by atoms with Crippen LogP contribution in [0.5, 0.6) is 0 Å². The first kappa shape index (κ1) is 39.1. The van der Waals surface area contributed by atoms with Crippen molar-refractivity contribution in [3.05, 3.63) is 12.2 Å². The molecule has 238 valence electrons. The summed E-state index contributed by atoms with van der Waals surface area (Å²) in [6.45, 7) is 4.45. The smallest absolute Gasteiger partial charge is 0.266 e. The molecule has 0 aromatic heterocycles. The lowest BCUT2D eigenvalue weighted by molar-refractivity contribution is -0.122. The minimum atomic E-state index is -4.29. The van der Waals surface area contributed by atoms with Crippen molar-refractivity contribution in [2.75, 3.05) is 5.75 Å². The normalized spacial score (nSPS) is 13.6. The van der Waals surface area contributed by atoms with Crippen LogP contribution in [-0.2, 0) is 14.9 Å². The number of amides is 1. The average Bonchev–Trinajstić information content (AvgIpc) is 2.90. The van der Waals surface area contributed by atoms with Crippen molar-refractivity contribution in [1.29, 1.82) is 0 Å². The third-order valence-corrected chi connectivity index (χ3v) is 8.50. The minimum absolute atomic E-state index is 0.253. The average molecular weight is 588 g/mol. The van der Waals surface area contributed by atoms with E-state index in [0.717, 1.165) is 38.5 Å². The van der Waals surface area contributed by atoms with Crippen LogP contribution < -0.4 is 5.32 Å². The van der Waals surface area contributed by atoms with E-state index in [2.05, 4.69) is 31.3 Å². The van der Waals surface area contributed by atoms with Gasteiger partial charge in [0.2, 0.25) is 5.91 Å². The predicted molar refractivity (Wildman–Crippen MR) is 170 cm³/mol. The summed E-state index contributed by atoms with van der Waals surface area (Å²) in [4.78, 5) is 12.4. The summed E-state index contributed by atoms with van der Waals surface area (Å²) >= 11 is 0. The summed E-state index contributed by atoms with van der Waals surface area (Å²) in [5, 5.41) is 13.2. The standard InChI is InChI=1S/C33H65NO5S/c1-3-5-7-9-11-13-14-15-16-17-18-19-20-21-23-25-27-29-33(36)34-31(30-40(37,38)39)32(35)28-26-24-22-12-10-8-6-4-2/h15-16,31-32,35H,3-14,17-30H2,1-2H3,(H,34,36)(H,37,38,39)/b16-15-. The van der Waals surface area contributed by atoms with Crippen LogP contribution in [0.25, 0.3) is 0 Å². The summed E-state index contributed by atoms with van der Waals surface area (Å²) in [5.41, 5.74) is 0. The predicted octanol–water partition coefficient (Wildman–Crippen LogP) is 9.07. The Labute approximate surface area is 248 Å². The van der Waals surface area contributed by atoms with Gasteiger partial charge >= 0.3 is 0 Å². The van der Waals surface area contributed by atoms with Gasteiger partial charge in [0.15, 0.2) is 0 Å². The molecule has 0 saturated heterocycles. The molecule has 0 radical (unpaired) electrons. The zero-order chi connectivity index (χ0) is 29.7. The van der Waals surface area contributed by atoms with Crippen molar-refractivity contribution >= 4 is 16.0 Å². The van der Waals surface area contributed by atoms with Crippen molar-refractivity contribution in [3.63, 3.8) is 0 Å². The zero-order valence-corrected chi connectivity index (χ0v) is 27.0. The first-order valence-corrected chi connectivity index (χ1v) is 18.5. The highest BCUT2D eigenvalue weighted by Crippen LogP contribution is 2.14. The second kappa shape index (κ2) is 28.2. The molecule has 0 spiro atoms. The number of aliphatic hydroxyl groups is 1. The SMILES string of the molecule is CCCCCCCC/C=C\CCCCCCCCCC(=O)NC(CS(=O)(=O)O)C(O)CCCCCCCCCC. The maximum atomic E-state index is 12.4. The Kier molecular flexibility index (Phi) is 27.6. The maximum Gasteiger partial charge on any atom is 0.266 e. The number of carbonyl (C=O) groups is 1. The highest BCUT2D eigenvalue weighted by molar-refractivity contribution is 7.85. The summed E-state index contributed by atoms with van der Waals surface area (Å²) in [7, 11) is -4.29. The number of hydrogen-bond donors (Lipinski definition) is 3. The van der Waals surface area contributed by atoms with Crippen LogP contribution in [0.1, 0.15) is 174 Å². The Morgan fingerprint density at radius 2 is 1.05 bits per heavy atom. The summed E-state index contributed by atoms with van der Waals surface area (Å²) in [6.07, 6.45) is 31.7. The van der Waals surface area contributed by atoms with Crippen molar-refractivity contribution < 1.29 is 22.9 Å². The Morgan fingerprint density at radius 3 is 1.50 bits per heavy atom. The van der Waals surface area contributed by atoms with Crippen LogP contribution in [0.15, 0.2) is 12.2 Å². The molecule has 0 heterocycles. The quantitative estimate of drug-likeness (QED) is 0.0442. The van der Waals surface area contributed by atoms with E-state index < -0.39 is 28.0 Å². The Bertz CT molecular complexity index is 695. The number of rotatable bonds is 30. The Morgan fingerprint density at radius 1 is 0.650 bits per heavy atom. The molecule has 0 aliphatic carbocycles. The number of hydrogen-bond acceptors (Lipinski definition) is 4. The van der Waals surface area contributed by atoms with Gasteiger partial charge < -0.3 is 10.4 Å². The van der Waals surface area contributed by atoms with E-state index in [0.29, 0.717) is 12.8 Å². The molecule has 0 rings (SSSR count). The Balaban J connectivity index is 3.89.